The second-order valence-corrected chi connectivity index (χ2v) is 9.48. The lowest BCUT2D eigenvalue weighted by Crippen LogP contribution is -2.19. The van der Waals surface area contributed by atoms with Crippen molar-refractivity contribution < 1.29 is 4.57 Å². The van der Waals surface area contributed by atoms with Gasteiger partial charge in [0.1, 0.15) is 7.14 Å². The van der Waals surface area contributed by atoms with E-state index in [9.17, 15) is 4.57 Å². The minimum atomic E-state index is -2.67. The van der Waals surface area contributed by atoms with Crippen LogP contribution in [0.15, 0.2) is 103 Å². The molecule has 0 unspecified atom stereocenters. The summed E-state index contributed by atoms with van der Waals surface area (Å²) in [5.41, 5.74) is 1.26. The second-order valence-electron chi connectivity index (χ2n) is 6.52. The Morgan fingerprint density at radius 3 is 1.77 bits per heavy atom. The minimum Gasteiger partial charge on any atom is -0.314 e. The summed E-state index contributed by atoms with van der Waals surface area (Å²) in [5.74, 6) is 0. The molecule has 0 bridgehead atoms. The average Bonchev–Trinajstić information content (AvgIpc) is 2.73. The molecule has 0 N–H and O–H groups in total. The topological polar surface area (TPSA) is 17.1 Å². The predicted octanol–water partition coefficient (Wildman–Crippen LogP) is 5.40. The van der Waals surface area contributed by atoms with Crippen molar-refractivity contribution in [1.29, 1.82) is 0 Å². The molecule has 26 heavy (non-hydrogen) atoms. The van der Waals surface area contributed by atoms with Crippen LogP contribution in [0.1, 0.15) is 5.56 Å². The van der Waals surface area contributed by atoms with Gasteiger partial charge >= 0.3 is 0 Å². The Bertz CT molecular complexity index is 1010. The Hall–Kier alpha value is -2.63. The van der Waals surface area contributed by atoms with Crippen molar-refractivity contribution in [3.8, 4) is 0 Å². The normalized spacial score (nSPS) is 11.5. The SMILES string of the molecule is O=P(CCc1cccc2ccccc12)(c1ccccc1)c1ccccc1. The molecule has 128 valence electrons. The lowest BCUT2D eigenvalue weighted by atomic mass is 10.0. The summed E-state index contributed by atoms with van der Waals surface area (Å²) in [6.07, 6.45) is 1.43. The van der Waals surface area contributed by atoms with Crippen molar-refractivity contribution in [1.82, 2.24) is 0 Å². The zero-order valence-corrected chi connectivity index (χ0v) is 15.5. The van der Waals surface area contributed by atoms with Crippen LogP contribution in [0, 0.1) is 0 Å². The van der Waals surface area contributed by atoms with Gasteiger partial charge in [-0.3, -0.25) is 0 Å². The van der Waals surface area contributed by atoms with E-state index in [1.165, 1.54) is 16.3 Å². The van der Waals surface area contributed by atoms with Crippen LogP contribution >= 0.6 is 7.14 Å². The third-order valence-corrected chi connectivity index (χ3v) is 8.04. The van der Waals surface area contributed by atoms with Gasteiger partial charge in [0.05, 0.1) is 0 Å². The Morgan fingerprint density at radius 1 is 0.577 bits per heavy atom. The van der Waals surface area contributed by atoms with Gasteiger partial charge in [-0.1, -0.05) is 103 Å². The monoisotopic (exact) mass is 356 g/mol. The summed E-state index contributed by atoms with van der Waals surface area (Å²) in [4.78, 5) is 0. The van der Waals surface area contributed by atoms with Crippen LogP contribution in [0.3, 0.4) is 0 Å². The fourth-order valence-corrected chi connectivity index (χ4v) is 6.21. The van der Waals surface area contributed by atoms with Crippen LogP contribution in [-0.2, 0) is 11.0 Å². The maximum absolute atomic E-state index is 14.1. The number of rotatable bonds is 5. The Kier molecular flexibility index (Phi) is 4.73. The highest BCUT2D eigenvalue weighted by Crippen LogP contribution is 2.44. The van der Waals surface area contributed by atoms with E-state index in [1.807, 2.05) is 60.7 Å². The number of benzene rings is 4. The summed E-state index contributed by atoms with van der Waals surface area (Å²) in [5, 5.41) is 4.36. The van der Waals surface area contributed by atoms with Crippen molar-refractivity contribution in [2.24, 2.45) is 0 Å². The van der Waals surface area contributed by atoms with Crippen LogP contribution in [0.4, 0.5) is 0 Å². The highest BCUT2D eigenvalue weighted by atomic mass is 31.2. The number of hydrogen-bond acceptors (Lipinski definition) is 1. The van der Waals surface area contributed by atoms with E-state index in [0.717, 1.165) is 17.0 Å². The summed E-state index contributed by atoms with van der Waals surface area (Å²) in [7, 11) is -2.67. The fourth-order valence-electron chi connectivity index (χ4n) is 3.53. The first-order valence-electron chi connectivity index (χ1n) is 8.94. The first-order chi connectivity index (χ1) is 12.8. The zero-order chi connectivity index (χ0) is 17.8. The largest absolute Gasteiger partial charge is 0.314 e. The van der Waals surface area contributed by atoms with Crippen LogP contribution in [0.25, 0.3) is 10.8 Å². The Labute approximate surface area is 154 Å². The zero-order valence-electron chi connectivity index (χ0n) is 14.6. The molecule has 1 nitrogen and oxygen atoms in total. The molecule has 2 heteroatoms. The van der Waals surface area contributed by atoms with Gasteiger partial charge in [-0.05, 0) is 22.8 Å². The van der Waals surface area contributed by atoms with E-state index in [1.54, 1.807) is 0 Å². The molecule has 0 fully saturated rings. The molecular formula is C24H21OP. The van der Waals surface area contributed by atoms with Gasteiger partial charge in [-0.15, -0.1) is 0 Å². The van der Waals surface area contributed by atoms with Gasteiger partial charge < -0.3 is 4.57 Å². The number of fused-ring (bicyclic) bond motifs is 1. The fraction of sp³-hybridized carbons (Fsp3) is 0.0833. The summed E-state index contributed by atoms with van der Waals surface area (Å²) in [6, 6.07) is 34.6. The molecule has 0 aliphatic carbocycles. The number of aryl methyl sites for hydroxylation is 1. The molecule has 0 radical (unpaired) electrons. The molecule has 0 spiro atoms. The molecule has 0 amide bonds. The van der Waals surface area contributed by atoms with E-state index in [-0.39, 0.29) is 0 Å². The first-order valence-corrected chi connectivity index (χ1v) is 10.8. The van der Waals surface area contributed by atoms with Crippen LogP contribution in [0.2, 0.25) is 0 Å². The molecular weight excluding hydrogens is 335 g/mol. The van der Waals surface area contributed by atoms with Crippen molar-refractivity contribution >= 4 is 28.5 Å². The van der Waals surface area contributed by atoms with Gasteiger partial charge in [-0.25, -0.2) is 0 Å². The van der Waals surface area contributed by atoms with Crippen molar-refractivity contribution in [3.63, 3.8) is 0 Å². The van der Waals surface area contributed by atoms with E-state index in [0.29, 0.717) is 6.16 Å². The van der Waals surface area contributed by atoms with Crippen LogP contribution in [-0.4, -0.2) is 6.16 Å². The van der Waals surface area contributed by atoms with Crippen molar-refractivity contribution in [2.75, 3.05) is 6.16 Å². The number of hydrogen-bond donors (Lipinski definition) is 0. The first kappa shape index (κ1) is 16.8. The van der Waals surface area contributed by atoms with E-state index >= 15 is 0 Å². The van der Waals surface area contributed by atoms with Gasteiger partial charge in [0.25, 0.3) is 0 Å². The Balaban J connectivity index is 1.73. The van der Waals surface area contributed by atoms with Crippen molar-refractivity contribution in [3.05, 3.63) is 109 Å². The van der Waals surface area contributed by atoms with Gasteiger partial charge in [-0.2, -0.15) is 0 Å². The third kappa shape index (κ3) is 3.23. The standard InChI is InChI=1S/C24H21OP/c25-26(22-13-3-1-4-14-22,23-15-5-2-6-16-23)19-18-21-12-9-11-20-10-7-8-17-24(20)21/h1-17H,18-19H2. The molecule has 0 aliphatic heterocycles. The molecule has 4 aromatic carbocycles. The highest BCUT2D eigenvalue weighted by Gasteiger charge is 2.26. The molecule has 4 rings (SSSR count). The van der Waals surface area contributed by atoms with Crippen LogP contribution in [0.5, 0.6) is 0 Å². The third-order valence-electron chi connectivity index (χ3n) is 4.92. The lowest BCUT2D eigenvalue weighted by molar-refractivity contribution is 0.586. The second kappa shape index (κ2) is 7.32. The molecule has 0 saturated heterocycles. The molecule has 0 aromatic heterocycles. The molecule has 4 aromatic rings. The van der Waals surface area contributed by atoms with E-state index in [2.05, 4.69) is 42.5 Å². The van der Waals surface area contributed by atoms with Gasteiger partial charge in [0.15, 0.2) is 0 Å². The minimum absolute atomic E-state index is 0.634. The molecule has 0 heterocycles. The predicted molar refractivity (Wildman–Crippen MR) is 112 cm³/mol. The van der Waals surface area contributed by atoms with Crippen LogP contribution < -0.4 is 10.6 Å². The van der Waals surface area contributed by atoms with Crippen molar-refractivity contribution in [2.45, 2.75) is 6.42 Å². The maximum atomic E-state index is 14.1. The molecule has 0 aliphatic rings. The highest BCUT2D eigenvalue weighted by molar-refractivity contribution is 7.78. The molecule has 0 saturated carbocycles. The average molecular weight is 356 g/mol. The summed E-state index contributed by atoms with van der Waals surface area (Å²) >= 11 is 0. The van der Waals surface area contributed by atoms with E-state index < -0.39 is 7.14 Å². The molecule has 0 atom stereocenters. The van der Waals surface area contributed by atoms with Gasteiger partial charge in [0, 0.05) is 16.8 Å². The summed E-state index contributed by atoms with van der Waals surface area (Å²) < 4.78 is 14.1. The smallest absolute Gasteiger partial charge is 0.143 e. The summed E-state index contributed by atoms with van der Waals surface area (Å²) in [6.45, 7) is 0. The quantitative estimate of drug-likeness (QED) is 0.438. The lowest BCUT2D eigenvalue weighted by Gasteiger charge is -2.20. The van der Waals surface area contributed by atoms with E-state index in [4.69, 9.17) is 0 Å². The Morgan fingerprint density at radius 2 is 1.12 bits per heavy atom. The van der Waals surface area contributed by atoms with Gasteiger partial charge in [0.2, 0.25) is 0 Å². The maximum Gasteiger partial charge on any atom is 0.143 e.